The number of rotatable bonds is 3. The minimum Gasteiger partial charge on any atom is -0.390 e. The van der Waals surface area contributed by atoms with Gasteiger partial charge in [-0.05, 0) is 62.2 Å². The SMILES string of the molecule is Cc1cccc(C2O[C@@H]3C[C@H]4[C@@H]5C[C@H](F)C6=CC(=O)C=C[C@]6(C)[C@@]5(F)[C@@H](O)C[C@]4(C)[C@]3(C(=O)CC(C)(C)C)O2)c1. The van der Waals surface area contributed by atoms with E-state index in [4.69, 9.17) is 9.47 Å². The second-order valence-electron chi connectivity index (χ2n) is 14.5. The Balaban J connectivity index is 1.46. The highest BCUT2D eigenvalue weighted by molar-refractivity contribution is 6.01. The Labute approximate surface area is 235 Å². The number of halogens is 2. The van der Waals surface area contributed by atoms with Crippen LogP contribution in [0.2, 0.25) is 0 Å². The molecule has 1 unspecified atom stereocenters. The molecule has 0 amide bonds. The molecule has 1 N–H and O–H groups in total. The van der Waals surface area contributed by atoms with E-state index < -0.39 is 58.6 Å². The van der Waals surface area contributed by atoms with E-state index in [1.807, 2.05) is 58.9 Å². The molecule has 4 fully saturated rings. The molecule has 1 saturated heterocycles. The number of ether oxygens (including phenoxy) is 2. The molecular weight excluding hydrogens is 514 g/mol. The monoisotopic (exact) mass is 554 g/mol. The Hall–Kier alpha value is -2.22. The van der Waals surface area contributed by atoms with E-state index in [1.54, 1.807) is 6.92 Å². The lowest BCUT2D eigenvalue weighted by Gasteiger charge is -2.63. The van der Waals surface area contributed by atoms with Gasteiger partial charge in [0.25, 0.3) is 0 Å². The molecule has 1 heterocycles. The van der Waals surface area contributed by atoms with Gasteiger partial charge in [-0.15, -0.1) is 0 Å². The molecule has 4 aliphatic carbocycles. The van der Waals surface area contributed by atoms with Crippen LogP contribution in [0, 0.1) is 35.0 Å². The van der Waals surface area contributed by atoms with Crippen molar-refractivity contribution in [2.45, 2.75) is 103 Å². The summed E-state index contributed by atoms with van der Waals surface area (Å²) >= 11 is 0. The number of ketones is 2. The van der Waals surface area contributed by atoms with Crippen LogP contribution >= 0.6 is 0 Å². The fourth-order valence-corrected chi connectivity index (χ4v) is 9.03. The van der Waals surface area contributed by atoms with Crippen LogP contribution in [0.25, 0.3) is 0 Å². The molecule has 0 radical (unpaired) electrons. The zero-order chi connectivity index (χ0) is 29.0. The molecule has 0 bridgehead atoms. The highest BCUT2D eigenvalue weighted by Crippen LogP contribution is 2.73. The maximum atomic E-state index is 17.6. The van der Waals surface area contributed by atoms with Crippen LogP contribution in [0.3, 0.4) is 0 Å². The maximum absolute atomic E-state index is 17.6. The zero-order valence-corrected chi connectivity index (χ0v) is 24.2. The van der Waals surface area contributed by atoms with Crippen molar-refractivity contribution < 1.29 is 33.0 Å². The summed E-state index contributed by atoms with van der Waals surface area (Å²) in [7, 11) is 0. The average molecular weight is 555 g/mol. The second kappa shape index (κ2) is 8.65. The first kappa shape index (κ1) is 27.9. The van der Waals surface area contributed by atoms with E-state index in [-0.39, 0.29) is 41.8 Å². The fraction of sp³-hybridized carbons (Fsp3) is 0.636. The smallest absolute Gasteiger partial charge is 0.185 e. The van der Waals surface area contributed by atoms with Crippen LogP contribution in [0.4, 0.5) is 8.78 Å². The molecule has 40 heavy (non-hydrogen) atoms. The summed E-state index contributed by atoms with van der Waals surface area (Å²) in [4.78, 5) is 26.5. The van der Waals surface area contributed by atoms with Crippen molar-refractivity contribution in [1.82, 2.24) is 0 Å². The number of aryl methyl sites for hydroxylation is 1. The van der Waals surface area contributed by atoms with Crippen molar-refractivity contribution in [2.24, 2.45) is 28.1 Å². The first-order chi connectivity index (χ1) is 18.6. The molecule has 0 aromatic heterocycles. The predicted molar refractivity (Wildman–Crippen MR) is 146 cm³/mol. The van der Waals surface area contributed by atoms with Crippen molar-refractivity contribution in [3.8, 4) is 0 Å². The number of benzene rings is 1. The van der Waals surface area contributed by atoms with Crippen molar-refractivity contribution in [2.75, 3.05) is 0 Å². The topological polar surface area (TPSA) is 72.8 Å². The van der Waals surface area contributed by atoms with Crippen molar-refractivity contribution in [3.05, 3.63) is 59.2 Å². The van der Waals surface area contributed by atoms with E-state index in [9.17, 15) is 14.7 Å². The zero-order valence-electron chi connectivity index (χ0n) is 24.2. The summed E-state index contributed by atoms with van der Waals surface area (Å²) in [6.45, 7) is 11.4. The lowest BCUT2D eigenvalue weighted by atomic mass is 9.44. The normalized spacial score (nSPS) is 45.8. The number of hydrogen-bond acceptors (Lipinski definition) is 5. The summed E-state index contributed by atoms with van der Waals surface area (Å²) in [6.07, 6.45) is -0.244. The Kier molecular flexibility index (Phi) is 6.04. The van der Waals surface area contributed by atoms with Gasteiger partial charge < -0.3 is 14.6 Å². The first-order valence-electron chi connectivity index (χ1n) is 14.5. The molecule has 216 valence electrons. The van der Waals surface area contributed by atoms with E-state index in [0.717, 1.165) is 11.1 Å². The number of alkyl halides is 2. The molecule has 1 aromatic rings. The van der Waals surface area contributed by atoms with Gasteiger partial charge in [-0.2, -0.15) is 0 Å². The summed E-state index contributed by atoms with van der Waals surface area (Å²) < 4.78 is 46.7. The third-order valence-electron chi connectivity index (χ3n) is 10.8. The maximum Gasteiger partial charge on any atom is 0.185 e. The number of allylic oxidation sites excluding steroid dienone is 4. The Morgan fingerprint density at radius 3 is 2.58 bits per heavy atom. The summed E-state index contributed by atoms with van der Waals surface area (Å²) in [5, 5.41) is 11.7. The van der Waals surface area contributed by atoms with Crippen molar-refractivity contribution >= 4 is 11.6 Å². The molecule has 5 aliphatic rings. The molecule has 1 aromatic carbocycles. The third kappa shape index (κ3) is 3.53. The minimum atomic E-state index is -2.22. The Morgan fingerprint density at radius 1 is 1.18 bits per heavy atom. The molecule has 3 saturated carbocycles. The number of carbonyl (C=O) groups excluding carboxylic acids is 2. The van der Waals surface area contributed by atoms with Crippen molar-refractivity contribution in [1.29, 1.82) is 0 Å². The highest BCUT2D eigenvalue weighted by atomic mass is 19.1. The average Bonchev–Trinajstić information content (AvgIpc) is 3.35. The lowest BCUT2D eigenvalue weighted by Crippen LogP contribution is -2.70. The predicted octanol–water partition coefficient (Wildman–Crippen LogP) is 6.08. The molecule has 7 heteroatoms. The molecule has 1 aliphatic heterocycles. The lowest BCUT2D eigenvalue weighted by molar-refractivity contribution is -0.235. The number of Topliss-reactive ketones (excluding diaryl/α,β-unsaturated/α-hetero) is 1. The quantitative estimate of drug-likeness (QED) is 0.490. The summed E-state index contributed by atoms with van der Waals surface area (Å²) in [5.41, 5.74) is -4.52. The van der Waals surface area contributed by atoms with Gasteiger partial charge in [0, 0.05) is 28.7 Å². The number of carbonyl (C=O) groups is 2. The van der Waals surface area contributed by atoms with Gasteiger partial charge in [0.1, 0.15) is 6.17 Å². The van der Waals surface area contributed by atoms with E-state index in [1.165, 1.54) is 18.2 Å². The number of aliphatic hydroxyl groups is 1. The van der Waals surface area contributed by atoms with Gasteiger partial charge in [-0.1, -0.05) is 63.6 Å². The van der Waals surface area contributed by atoms with Gasteiger partial charge in [0.2, 0.25) is 0 Å². The second-order valence-corrected chi connectivity index (χ2v) is 14.5. The standard InChI is InChI=1S/C33H40F2O5/c1-18-8-7-9-19(12-18)28-39-27-15-21-22-14-24(34)23-13-20(36)10-11-30(23,5)32(22,35)25(37)17-31(21,6)33(27,40-28)26(38)16-29(2,3)4/h7-13,21-22,24-25,27-28,37H,14-17H2,1-6H3/t21-,22-,24-,25-,27+,28?,30-,31-,32-,33+/m0/s1. The van der Waals surface area contributed by atoms with Gasteiger partial charge >= 0.3 is 0 Å². The largest absolute Gasteiger partial charge is 0.390 e. The van der Waals surface area contributed by atoms with Gasteiger partial charge in [-0.25, -0.2) is 8.78 Å². The third-order valence-corrected chi connectivity index (χ3v) is 10.8. The van der Waals surface area contributed by atoms with Gasteiger partial charge in [0.05, 0.1) is 12.2 Å². The van der Waals surface area contributed by atoms with Crippen molar-refractivity contribution in [3.63, 3.8) is 0 Å². The van der Waals surface area contributed by atoms with E-state index in [2.05, 4.69) is 0 Å². The van der Waals surface area contributed by atoms with Crippen LogP contribution in [0.5, 0.6) is 0 Å². The summed E-state index contributed by atoms with van der Waals surface area (Å²) in [6, 6.07) is 7.76. The van der Waals surface area contributed by atoms with E-state index in [0.29, 0.717) is 6.42 Å². The Bertz CT molecular complexity index is 1330. The Morgan fingerprint density at radius 2 is 1.90 bits per heavy atom. The number of fused-ring (bicyclic) bond motifs is 7. The van der Waals surface area contributed by atoms with Crippen LogP contribution in [-0.2, 0) is 19.1 Å². The molecular formula is C33H40F2O5. The molecule has 6 rings (SSSR count). The molecule has 0 spiro atoms. The number of aliphatic hydroxyl groups excluding tert-OH is 1. The minimum absolute atomic E-state index is 0.0391. The van der Waals surface area contributed by atoms with Crippen LogP contribution in [0.1, 0.15) is 77.7 Å². The first-order valence-corrected chi connectivity index (χ1v) is 14.5. The number of hydrogen-bond donors (Lipinski definition) is 1. The van der Waals surface area contributed by atoms with E-state index >= 15 is 8.78 Å². The molecule has 10 atom stereocenters. The highest BCUT2D eigenvalue weighted by Gasteiger charge is 2.80. The fourth-order valence-electron chi connectivity index (χ4n) is 9.03. The summed E-state index contributed by atoms with van der Waals surface area (Å²) in [5.74, 6) is -1.87. The van der Waals surface area contributed by atoms with Gasteiger partial charge in [0.15, 0.2) is 29.1 Å². The van der Waals surface area contributed by atoms with Crippen LogP contribution in [0.15, 0.2) is 48.1 Å². The van der Waals surface area contributed by atoms with Crippen LogP contribution in [-0.4, -0.2) is 46.3 Å². The molecule has 5 nitrogen and oxygen atoms in total. The van der Waals surface area contributed by atoms with Crippen LogP contribution < -0.4 is 0 Å². The van der Waals surface area contributed by atoms with Gasteiger partial charge in [-0.3, -0.25) is 9.59 Å².